The van der Waals surface area contributed by atoms with Gasteiger partial charge in [-0.3, -0.25) is 4.79 Å². The molecule has 0 spiro atoms. The van der Waals surface area contributed by atoms with E-state index in [1.807, 2.05) is 30.3 Å². The molecule has 0 heterocycles. The van der Waals surface area contributed by atoms with E-state index in [9.17, 15) is 9.90 Å². The van der Waals surface area contributed by atoms with Crippen LogP contribution in [0, 0.1) is 0 Å². The van der Waals surface area contributed by atoms with Crippen LogP contribution in [0.15, 0.2) is 30.3 Å². The molecule has 1 aromatic rings. The topological polar surface area (TPSA) is 49.3 Å². The predicted octanol–water partition coefficient (Wildman–Crippen LogP) is 1.85. The lowest BCUT2D eigenvalue weighted by molar-refractivity contribution is -0.121. The third-order valence-corrected chi connectivity index (χ3v) is 3.43. The lowest BCUT2D eigenvalue weighted by Gasteiger charge is -2.11. The number of hydrogen-bond donors (Lipinski definition) is 2. The fraction of sp³-hybridized carbons (Fsp3) is 0.500. The molecule has 4 heteroatoms. The monoisotopic (exact) mass is 267 g/mol. The second-order valence-electron chi connectivity index (χ2n) is 4.09. The molecular formula is C14H21NO2S. The van der Waals surface area contributed by atoms with Gasteiger partial charge >= 0.3 is 0 Å². The first-order chi connectivity index (χ1) is 8.72. The van der Waals surface area contributed by atoms with Gasteiger partial charge < -0.3 is 10.4 Å². The minimum absolute atomic E-state index is 0.0167. The van der Waals surface area contributed by atoms with Gasteiger partial charge in [-0.2, -0.15) is 11.8 Å². The molecule has 3 nitrogen and oxygen atoms in total. The van der Waals surface area contributed by atoms with Gasteiger partial charge in [0.15, 0.2) is 0 Å². The maximum atomic E-state index is 11.4. The molecule has 0 aromatic heterocycles. The molecule has 18 heavy (non-hydrogen) atoms. The lowest BCUT2D eigenvalue weighted by Crippen LogP contribution is -2.33. The first-order valence-corrected chi connectivity index (χ1v) is 7.44. The molecule has 1 aromatic carbocycles. The Bertz CT molecular complexity index is 343. The SMILES string of the molecule is CCSCCC(=O)NCC(O)Cc1ccccc1. The van der Waals surface area contributed by atoms with Gasteiger partial charge in [-0.1, -0.05) is 37.3 Å². The highest BCUT2D eigenvalue weighted by molar-refractivity contribution is 7.99. The van der Waals surface area contributed by atoms with E-state index in [4.69, 9.17) is 0 Å². The molecule has 0 aliphatic rings. The number of aliphatic hydroxyl groups is 1. The first-order valence-electron chi connectivity index (χ1n) is 6.28. The van der Waals surface area contributed by atoms with Crippen molar-refractivity contribution in [3.05, 3.63) is 35.9 Å². The Morgan fingerprint density at radius 2 is 2.11 bits per heavy atom. The van der Waals surface area contributed by atoms with Crippen molar-refractivity contribution in [1.82, 2.24) is 5.32 Å². The third kappa shape index (κ3) is 6.67. The van der Waals surface area contributed by atoms with Gasteiger partial charge in [0.1, 0.15) is 0 Å². The minimum Gasteiger partial charge on any atom is -0.391 e. The van der Waals surface area contributed by atoms with E-state index in [1.165, 1.54) is 0 Å². The van der Waals surface area contributed by atoms with E-state index < -0.39 is 6.10 Å². The van der Waals surface area contributed by atoms with Crippen LogP contribution in [0.5, 0.6) is 0 Å². The van der Waals surface area contributed by atoms with Crippen LogP contribution in [-0.2, 0) is 11.2 Å². The summed E-state index contributed by atoms with van der Waals surface area (Å²) in [6, 6.07) is 9.79. The Morgan fingerprint density at radius 3 is 2.78 bits per heavy atom. The highest BCUT2D eigenvalue weighted by Gasteiger charge is 2.07. The molecular weight excluding hydrogens is 246 g/mol. The van der Waals surface area contributed by atoms with Crippen molar-refractivity contribution in [2.24, 2.45) is 0 Å². The Kier molecular flexibility index (Phi) is 7.53. The van der Waals surface area contributed by atoms with Crippen LogP contribution in [0.25, 0.3) is 0 Å². The van der Waals surface area contributed by atoms with Crippen LogP contribution in [-0.4, -0.2) is 35.2 Å². The molecule has 0 fully saturated rings. The number of aliphatic hydroxyl groups excluding tert-OH is 1. The number of hydrogen-bond acceptors (Lipinski definition) is 3. The lowest BCUT2D eigenvalue weighted by atomic mass is 10.1. The summed E-state index contributed by atoms with van der Waals surface area (Å²) in [5, 5.41) is 12.6. The molecule has 1 unspecified atom stereocenters. The Labute approximate surface area is 113 Å². The van der Waals surface area contributed by atoms with Crippen molar-refractivity contribution in [2.75, 3.05) is 18.1 Å². The molecule has 0 aliphatic heterocycles. The predicted molar refractivity (Wildman–Crippen MR) is 76.8 cm³/mol. The van der Waals surface area contributed by atoms with E-state index in [-0.39, 0.29) is 5.91 Å². The largest absolute Gasteiger partial charge is 0.391 e. The van der Waals surface area contributed by atoms with Crippen LogP contribution in [0.2, 0.25) is 0 Å². The van der Waals surface area contributed by atoms with Crippen LogP contribution in [0.1, 0.15) is 18.9 Å². The van der Waals surface area contributed by atoms with Crippen molar-refractivity contribution in [3.8, 4) is 0 Å². The molecule has 0 radical (unpaired) electrons. The standard InChI is InChI=1S/C14H21NO2S/c1-2-18-9-8-14(17)15-11-13(16)10-12-6-4-3-5-7-12/h3-7,13,16H,2,8-11H2,1H3,(H,15,17). The zero-order valence-electron chi connectivity index (χ0n) is 10.8. The molecule has 0 bridgehead atoms. The van der Waals surface area contributed by atoms with Crippen LogP contribution < -0.4 is 5.32 Å². The molecule has 2 N–H and O–H groups in total. The van der Waals surface area contributed by atoms with Crippen molar-refractivity contribution in [1.29, 1.82) is 0 Å². The average molecular weight is 267 g/mol. The summed E-state index contributed by atoms with van der Waals surface area (Å²) in [4.78, 5) is 11.4. The van der Waals surface area contributed by atoms with Gasteiger partial charge in [-0.15, -0.1) is 0 Å². The summed E-state index contributed by atoms with van der Waals surface area (Å²) in [5.41, 5.74) is 1.08. The van der Waals surface area contributed by atoms with Crippen LogP contribution in [0.3, 0.4) is 0 Å². The fourth-order valence-corrected chi connectivity index (χ4v) is 2.21. The molecule has 1 rings (SSSR count). The normalized spacial score (nSPS) is 12.1. The van der Waals surface area contributed by atoms with Crippen LogP contribution in [0.4, 0.5) is 0 Å². The molecule has 1 amide bonds. The number of carbonyl (C=O) groups is 1. The maximum absolute atomic E-state index is 11.4. The summed E-state index contributed by atoms with van der Waals surface area (Å²) >= 11 is 1.75. The number of amides is 1. The zero-order valence-corrected chi connectivity index (χ0v) is 11.6. The smallest absolute Gasteiger partial charge is 0.220 e. The van der Waals surface area contributed by atoms with E-state index in [0.717, 1.165) is 17.1 Å². The third-order valence-electron chi connectivity index (χ3n) is 2.53. The van der Waals surface area contributed by atoms with E-state index >= 15 is 0 Å². The summed E-state index contributed by atoms with van der Waals surface area (Å²) in [7, 11) is 0. The minimum atomic E-state index is -0.518. The summed E-state index contributed by atoms with van der Waals surface area (Å²) in [6.45, 7) is 2.40. The molecule has 100 valence electrons. The summed E-state index contributed by atoms with van der Waals surface area (Å²) in [6.07, 6.45) is 0.580. The number of thioether (sulfide) groups is 1. The van der Waals surface area contributed by atoms with E-state index in [0.29, 0.717) is 19.4 Å². The molecule has 0 saturated heterocycles. The second kappa shape index (κ2) is 9.00. The van der Waals surface area contributed by atoms with Crippen molar-refractivity contribution >= 4 is 17.7 Å². The van der Waals surface area contributed by atoms with Crippen molar-refractivity contribution in [3.63, 3.8) is 0 Å². The average Bonchev–Trinajstić information content (AvgIpc) is 2.38. The van der Waals surface area contributed by atoms with Crippen molar-refractivity contribution in [2.45, 2.75) is 25.9 Å². The summed E-state index contributed by atoms with van der Waals surface area (Å²) < 4.78 is 0. The molecule has 0 saturated carbocycles. The first kappa shape index (κ1) is 15.1. The highest BCUT2D eigenvalue weighted by Crippen LogP contribution is 2.03. The van der Waals surface area contributed by atoms with Gasteiger partial charge in [-0.25, -0.2) is 0 Å². The summed E-state index contributed by atoms with van der Waals surface area (Å²) in [5.74, 6) is 1.89. The van der Waals surface area contributed by atoms with E-state index in [1.54, 1.807) is 11.8 Å². The van der Waals surface area contributed by atoms with Gasteiger partial charge in [0.05, 0.1) is 6.10 Å². The van der Waals surface area contributed by atoms with Crippen molar-refractivity contribution < 1.29 is 9.90 Å². The Morgan fingerprint density at radius 1 is 1.39 bits per heavy atom. The number of rotatable bonds is 8. The zero-order chi connectivity index (χ0) is 13.2. The van der Waals surface area contributed by atoms with Gasteiger partial charge in [-0.05, 0) is 11.3 Å². The fourth-order valence-electron chi connectivity index (χ4n) is 1.59. The van der Waals surface area contributed by atoms with Gasteiger partial charge in [0, 0.05) is 25.1 Å². The quantitative estimate of drug-likeness (QED) is 0.707. The molecule has 1 atom stereocenters. The number of nitrogens with one attached hydrogen (secondary N) is 1. The highest BCUT2D eigenvalue weighted by atomic mass is 32.2. The second-order valence-corrected chi connectivity index (χ2v) is 5.49. The maximum Gasteiger partial charge on any atom is 0.220 e. The van der Waals surface area contributed by atoms with E-state index in [2.05, 4.69) is 12.2 Å². The molecule has 0 aliphatic carbocycles. The van der Waals surface area contributed by atoms with Gasteiger partial charge in [0.25, 0.3) is 0 Å². The number of carbonyl (C=O) groups excluding carboxylic acids is 1. The van der Waals surface area contributed by atoms with Crippen LogP contribution >= 0.6 is 11.8 Å². The Hall–Kier alpha value is -1.00. The number of benzene rings is 1. The Balaban J connectivity index is 2.17. The van der Waals surface area contributed by atoms with Gasteiger partial charge in [0.2, 0.25) is 5.91 Å².